The maximum atomic E-state index is 10.8. The largest absolute Gasteiger partial charge is 0.479 e. The second-order valence-electron chi connectivity index (χ2n) is 3.87. The van der Waals surface area contributed by atoms with Gasteiger partial charge in [0.1, 0.15) is 0 Å². The molecule has 0 spiro atoms. The van der Waals surface area contributed by atoms with Crippen LogP contribution in [0.15, 0.2) is 0 Å². The summed E-state index contributed by atoms with van der Waals surface area (Å²) in [7, 11) is 0. The van der Waals surface area contributed by atoms with Crippen LogP contribution in [0.3, 0.4) is 0 Å². The number of nitrogens with one attached hydrogen (secondary N) is 1. The first-order valence-corrected chi connectivity index (χ1v) is 4.85. The molecule has 1 heterocycles. The molecule has 0 radical (unpaired) electrons. The van der Waals surface area contributed by atoms with Crippen LogP contribution in [0.25, 0.3) is 0 Å². The van der Waals surface area contributed by atoms with Crippen LogP contribution in [-0.2, 0) is 9.53 Å². The Morgan fingerprint density at radius 1 is 1.38 bits per heavy atom. The molecule has 2 rings (SSSR count). The van der Waals surface area contributed by atoms with Gasteiger partial charge in [-0.3, -0.25) is 0 Å². The summed E-state index contributed by atoms with van der Waals surface area (Å²) in [5.74, 6) is -0.786. The summed E-state index contributed by atoms with van der Waals surface area (Å²) in [6, 6.07) is 0. The van der Waals surface area contributed by atoms with Crippen molar-refractivity contribution >= 4 is 5.97 Å². The van der Waals surface area contributed by atoms with Crippen molar-refractivity contribution in [1.29, 1.82) is 0 Å². The molecule has 2 N–H and O–H groups in total. The molecular weight excluding hydrogens is 170 g/mol. The van der Waals surface area contributed by atoms with Crippen LogP contribution in [0.5, 0.6) is 0 Å². The van der Waals surface area contributed by atoms with Crippen LogP contribution >= 0.6 is 0 Å². The van der Waals surface area contributed by atoms with Crippen molar-refractivity contribution in [2.24, 2.45) is 0 Å². The minimum atomic E-state index is -0.804. The number of hydrogen-bond donors (Lipinski definition) is 2. The van der Waals surface area contributed by atoms with Gasteiger partial charge in [0.05, 0.1) is 6.10 Å². The lowest BCUT2D eigenvalue weighted by molar-refractivity contribution is -0.159. The van der Waals surface area contributed by atoms with Gasteiger partial charge in [0.25, 0.3) is 0 Å². The Balaban J connectivity index is 1.86. The van der Waals surface area contributed by atoms with Crippen LogP contribution in [0.4, 0.5) is 0 Å². The zero-order valence-corrected chi connectivity index (χ0v) is 7.58. The minimum Gasteiger partial charge on any atom is -0.479 e. The van der Waals surface area contributed by atoms with E-state index in [9.17, 15) is 4.79 Å². The molecule has 0 aromatic heterocycles. The average molecular weight is 185 g/mol. The minimum absolute atomic E-state index is 0.153. The number of piperidine rings is 1. The number of carbonyl (C=O) groups is 1. The Hall–Kier alpha value is -0.610. The molecule has 1 saturated heterocycles. The van der Waals surface area contributed by atoms with Crippen LogP contribution in [0, 0.1) is 0 Å². The van der Waals surface area contributed by atoms with Gasteiger partial charge in [-0.2, -0.15) is 0 Å². The Kier molecular flexibility index (Phi) is 2.26. The van der Waals surface area contributed by atoms with E-state index >= 15 is 0 Å². The molecule has 0 bridgehead atoms. The van der Waals surface area contributed by atoms with Gasteiger partial charge in [0, 0.05) is 0 Å². The highest BCUT2D eigenvalue weighted by Crippen LogP contribution is 2.41. The van der Waals surface area contributed by atoms with Gasteiger partial charge in [-0.1, -0.05) is 0 Å². The van der Waals surface area contributed by atoms with Crippen molar-refractivity contribution < 1.29 is 14.6 Å². The van der Waals surface area contributed by atoms with Gasteiger partial charge in [-0.05, 0) is 38.8 Å². The van der Waals surface area contributed by atoms with Crippen LogP contribution < -0.4 is 5.32 Å². The molecule has 1 saturated carbocycles. The number of hydrogen-bond acceptors (Lipinski definition) is 3. The lowest BCUT2D eigenvalue weighted by atomic mass is 10.1. The van der Waals surface area contributed by atoms with Crippen molar-refractivity contribution in [3.05, 3.63) is 0 Å². The number of ether oxygens (including phenoxy) is 1. The fourth-order valence-corrected chi connectivity index (χ4v) is 1.73. The Labute approximate surface area is 77.3 Å². The number of rotatable bonds is 3. The highest BCUT2D eigenvalue weighted by atomic mass is 16.5. The van der Waals surface area contributed by atoms with Crippen molar-refractivity contribution in [1.82, 2.24) is 5.32 Å². The molecule has 0 aromatic rings. The van der Waals surface area contributed by atoms with Crippen molar-refractivity contribution in [3.63, 3.8) is 0 Å². The molecule has 0 amide bonds. The molecular formula is C9H15NO3. The first-order valence-electron chi connectivity index (χ1n) is 4.85. The summed E-state index contributed by atoms with van der Waals surface area (Å²) in [6.45, 7) is 1.89. The van der Waals surface area contributed by atoms with E-state index in [0.29, 0.717) is 12.8 Å². The van der Waals surface area contributed by atoms with Gasteiger partial charge < -0.3 is 15.2 Å². The standard InChI is InChI=1S/C9H15NO3/c11-8(12)9(3-4-9)13-7-1-5-10-6-2-7/h7,10H,1-6H2,(H,11,12). The van der Waals surface area contributed by atoms with E-state index in [1.54, 1.807) is 0 Å². The van der Waals surface area contributed by atoms with Gasteiger partial charge in [0.2, 0.25) is 0 Å². The van der Waals surface area contributed by atoms with Crippen LogP contribution in [0.1, 0.15) is 25.7 Å². The fourth-order valence-electron chi connectivity index (χ4n) is 1.73. The molecule has 2 fully saturated rings. The van der Waals surface area contributed by atoms with Gasteiger partial charge in [-0.25, -0.2) is 4.79 Å². The molecule has 13 heavy (non-hydrogen) atoms. The van der Waals surface area contributed by atoms with Gasteiger partial charge in [0.15, 0.2) is 5.60 Å². The third kappa shape index (κ3) is 1.84. The first-order chi connectivity index (χ1) is 6.23. The summed E-state index contributed by atoms with van der Waals surface area (Å²) in [5, 5.41) is 12.1. The van der Waals surface area contributed by atoms with E-state index < -0.39 is 11.6 Å². The Morgan fingerprint density at radius 3 is 2.46 bits per heavy atom. The lowest BCUT2D eigenvalue weighted by Crippen LogP contribution is -2.38. The molecule has 4 heteroatoms. The number of carboxylic acids is 1. The maximum absolute atomic E-state index is 10.8. The smallest absolute Gasteiger partial charge is 0.335 e. The van der Waals surface area contributed by atoms with E-state index in [0.717, 1.165) is 25.9 Å². The first kappa shape index (κ1) is 8.97. The highest BCUT2D eigenvalue weighted by molar-refractivity contribution is 5.80. The number of aliphatic carboxylic acids is 1. The quantitative estimate of drug-likeness (QED) is 0.667. The fraction of sp³-hybridized carbons (Fsp3) is 0.889. The second-order valence-corrected chi connectivity index (χ2v) is 3.87. The zero-order valence-electron chi connectivity index (χ0n) is 7.58. The van der Waals surface area contributed by atoms with Gasteiger partial charge in [-0.15, -0.1) is 0 Å². The summed E-state index contributed by atoms with van der Waals surface area (Å²) < 4.78 is 5.61. The monoisotopic (exact) mass is 185 g/mol. The molecule has 0 aromatic carbocycles. The highest BCUT2D eigenvalue weighted by Gasteiger charge is 2.53. The molecule has 1 aliphatic heterocycles. The average Bonchev–Trinajstić information content (AvgIpc) is 2.87. The lowest BCUT2D eigenvalue weighted by Gasteiger charge is -2.26. The van der Waals surface area contributed by atoms with Crippen molar-refractivity contribution in [2.75, 3.05) is 13.1 Å². The molecule has 0 unspecified atom stereocenters. The zero-order chi connectivity index (χ0) is 9.31. The van der Waals surface area contributed by atoms with Crippen LogP contribution in [-0.4, -0.2) is 35.9 Å². The molecule has 0 atom stereocenters. The summed E-state index contributed by atoms with van der Waals surface area (Å²) in [4.78, 5) is 10.8. The van der Waals surface area contributed by atoms with Crippen LogP contribution in [0.2, 0.25) is 0 Å². The molecule has 4 nitrogen and oxygen atoms in total. The summed E-state index contributed by atoms with van der Waals surface area (Å²) in [6.07, 6.45) is 3.41. The van der Waals surface area contributed by atoms with E-state index in [-0.39, 0.29) is 6.10 Å². The van der Waals surface area contributed by atoms with E-state index in [2.05, 4.69) is 5.32 Å². The van der Waals surface area contributed by atoms with E-state index in [1.165, 1.54) is 0 Å². The summed E-state index contributed by atoms with van der Waals surface area (Å²) in [5.41, 5.74) is -0.804. The predicted molar refractivity (Wildman–Crippen MR) is 46.6 cm³/mol. The predicted octanol–water partition coefficient (Wildman–Crippen LogP) is 0.372. The molecule has 1 aliphatic carbocycles. The van der Waals surface area contributed by atoms with Crippen molar-refractivity contribution in [2.45, 2.75) is 37.4 Å². The molecule has 74 valence electrons. The third-order valence-corrected chi connectivity index (χ3v) is 2.77. The Bertz CT molecular complexity index is 207. The van der Waals surface area contributed by atoms with Crippen molar-refractivity contribution in [3.8, 4) is 0 Å². The third-order valence-electron chi connectivity index (χ3n) is 2.77. The Morgan fingerprint density at radius 2 is 2.00 bits per heavy atom. The topological polar surface area (TPSA) is 58.6 Å². The summed E-state index contributed by atoms with van der Waals surface area (Å²) >= 11 is 0. The van der Waals surface area contributed by atoms with Gasteiger partial charge >= 0.3 is 5.97 Å². The number of carboxylic acid groups (broad SMARTS) is 1. The molecule has 2 aliphatic rings. The maximum Gasteiger partial charge on any atom is 0.335 e. The van der Waals surface area contributed by atoms with E-state index in [1.807, 2.05) is 0 Å². The van der Waals surface area contributed by atoms with E-state index in [4.69, 9.17) is 9.84 Å². The normalized spacial score (nSPS) is 27.1. The SMILES string of the molecule is O=C(O)C1(OC2CCNCC2)CC1. The second kappa shape index (κ2) is 3.27.